The van der Waals surface area contributed by atoms with Crippen LogP contribution in [0.2, 0.25) is 0 Å². The van der Waals surface area contributed by atoms with E-state index >= 15 is 0 Å². The normalized spacial score (nSPS) is 12.0. The van der Waals surface area contributed by atoms with Crippen LogP contribution in [0.5, 0.6) is 5.75 Å². The Hall–Kier alpha value is -2.64. The summed E-state index contributed by atoms with van der Waals surface area (Å²) in [7, 11) is 0. The van der Waals surface area contributed by atoms with E-state index in [4.69, 9.17) is 10.2 Å². The summed E-state index contributed by atoms with van der Waals surface area (Å²) >= 11 is 0. The van der Waals surface area contributed by atoms with Crippen molar-refractivity contribution < 1.29 is 15.0 Å². The van der Waals surface area contributed by atoms with Crippen LogP contribution in [-0.2, 0) is 11.2 Å². The number of aromatic nitrogens is 4. The molecule has 2 rings (SSSR count). The van der Waals surface area contributed by atoms with Crippen LogP contribution in [0, 0.1) is 0 Å². The second-order valence-corrected chi connectivity index (χ2v) is 3.62. The van der Waals surface area contributed by atoms with Gasteiger partial charge in [-0.3, -0.25) is 5.43 Å². The fourth-order valence-electron chi connectivity index (χ4n) is 1.42. The zero-order valence-corrected chi connectivity index (χ0v) is 9.26. The molecule has 0 fully saturated rings. The van der Waals surface area contributed by atoms with Gasteiger partial charge in [-0.05, 0) is 22.9 Å². The summed E-state index contributed by atoms with van der Waals surface area (Å²) in [5, 5.41) is 28.9. The summed E-state index contributed by atoms with van der Waals surface area (Å²) < 4.78 is 0. The van der Waals surface area contributed by atoms with Crippen LogP contribution in [0.3, 0.4) is 0 Å². The average Bonchev–Trinajstić information content (AvgIpc) is 2.84. The number of carboxylic acids is 1. The van der Waals surface area contributed by atoms with Gasteiger partial charge in [-0.1, -0.05) is 17.0 Å². The predicted molar refractivity (Wildman–Crippen MR) is 60.4 cm³/mol. The van der Waals surface area contributed by atoms with Crippen molar-refractivity contribution in [3.63, 3.8) is 0 Å². The summed E-state index contributed by atoms with van der Waals surface area (Å²) in [5.74, 6) is -0.892. The van der Waals surface area contributed by atoms with Crippen LogP contribution >= 0.6 is 0 Å². The third kappa shape index (κ3) is 2.94. The molecule has 1 atom stereocenters. The molecule has 0 unspecified atom stereocenters. The maximum absolute atomic E-state index is 11.1. The molecule has 8 nitrogen and oxygen atoms in total. The van der Waals surface area contributed by atoms with E-state index in [9.17, 15) is 4.79 Å². The van der Waals surface area contributed by atoms with Crippen LogP contribution in [0.25, 0.3) is 0 Å². The minimum absolute atomic E-state index is 0.136. The highest BCUT2D eigenvalue weighted by Gasteiger charge is 2.18. The molecule has 0 aliphatic heterocycles. The minimum Gasteiger partial charge on any atom is -0.508 e. The minimum atomic E-state index is -1.03. The first-order valence-electron chi connectivity index (χ1n) is 5.15. The Morgan fingerprint density at radius 1 is 1.39 bits per heavy atom. The van der Waals surface area contributed by atoms with Crippen LogP contribution in [0.4, 0.5) is 0 Å². The molecule has 1 aromatic heterocycles. The van der Waals surface area contributed by atoms with E-state index in [1.807, 2.05) is 0 Å². The highest BCUT2D eigenvalue weighted by molar-refractivity contribution is 5.75. The maximum atomic E-state index is 11.1. The number of aromatic hydroxyl groups is 1. The second-order valence-electron chi connectivity index (χ2n) is 3.62. The Balaban J connectivity index is 2.06. The number of phenolic OH excluding ortho intramolecular Hbond substituents is 1. The van der Waals surface area contributed by atoms with Gasteiger partial charge < -0.3 is 10.2 Å². The summed E-state index contributed by atoms with van der Waals surface area (Å²) in [4.78, 5) is 12.1. The van der Waals surface area contributed by atoms with E-state index < -0.39 is 12.0 Å². The Kier molecular flexibility index (Phi) is 3.37. The lowest BCUT2D eigenvalue weighted by atomic mass is 10.1. The molecule has 0 radical (unpaired) electrons. The molecule has 1 aromatic carbocycles. The van der Waals surface area contributed by atoms with E-state index in [-0.39, 0.29) is 12.2 Å². The Morgan fingerprint density at radius 2 is 2.11 bits per heavy atom. The van der Waals surface area contributed by atoms with Gasteiger partial charge in [-0.15, -0.1) is 10.2 Å². The number of rotatable bonds is 5. The highest BCUT2D eigenvalue weighted by atomic mass is 16.4. The van der Waals surface area contributed by atoms with E-state index in [0.717, 1.165) is 10.5 Å². The summed E-state index contributed by atoms with van der Waals surface area (Å²) in [6, 6.07) is 5.43. The molecule has 18 heavy (non-hydrogen) atoms. The van der Waals surface area contributed by atoms with Crippen molar-refractivity contribution in [1.82, 2.24) is 20.3 Å². The topological polar surface area (TPSA) is 113 Å². The van der Waals surface area contributed by atoms with E-state index in [1.165, 1.54) is 18.5 Å². The summed E-state index contributed by atoms with van der Waals surface area (Å²) in [6.45, 7) is 0. The van der Waals surface area contributed by atoms with E-state index in [1.54, 1.807) is 12.1 Å². The van der Waals surface area contributed by atoms with Crippen molar-refractivity contribution in [2.75, 3.05) is 5.43 Å². The fraction of sp³-hybridized carbons (Fsp3) is 0.200. The number of phenols is 1. The van der Waals surface area contributed by atoms with Gasteiger partial charge in [0.25, 0.3) is 0 Å². The lowest BCUT2D eigenvalue weighted by Crippen LogP contribution is -2.38. The van der Waals surface area contributed by atoms with E-state index in [2.05, 4.69) is 20.8 Å². The molecule has 0 saturated carbocycles. The van der Waals surface area contributed by atoms with Crippen LogP contribution in [0.1, 0.15) is 5.56 Å². The lowest BCUT2D eigenvalue weighted by Gasteiger charge is -2.13. The van der Waals surface area contributed by atoms with Crippen molar-refractivity contribution in [3.8, 4) is 5.75 Å². The second kappa shape index (κ2) is 5.13. The molecular weight excluding hydrogens is 238 g/mol. The number of aliphatic carboxylic acids is 1. The van der Waals surface area contributed by atoms with Crippen molar-refractivity contribution in [2.24, 2.45) is 0 Å². The molecule has 94 valence electrons. The fourth-order valence-corrected chi connectivity index (χ4v) is 1.42. The molecule has 0 bridgehead atoms. The SMILES string of the molecule is O=C(O)[C@H](Cc1ccc(O)cc1)Nn1ncnn1. The maximum Gasteiger partial charge on any atom is 0.328 e. The quantitative estimate of drug-likeness (QED) is 0.661. The largest absolute Gasteiger partial charge is 0.508 e. The van der Waals surface area contributed by atoms with Gasteiger partial charge in [0.05, 0.1) is 0 Å². The average molecular weight is 249 g/mol. The standard InChI is InChI=1S/C10H11N5O3/c16-8-3-1-7(2-4-8)5-9(10(17)18)13-15-12-6-11-14-15/h1-4,6,9,13,16H,5H2,(H,17,18)/t9-/m0/s1. The third-order valence-corrected chi connectivity index (χ3v) is 2.29. The number of nitrogens with zero attached hydrogens (tertiary/aromatic N) is 4. The molecule has 0 amide bonds. The molecule has 0 aliphatic rings. The Labute approximate surface area is 102 Å². The number of hydrogen-bond donors (Lipinski definition) is 3. The third-order valence-electron chi connectivity index (χ3n) is 2.29. The van der Waals surface area contributed by atoms with Gasteiger partial charge >= 0.3 is 5.97 Å². The first kappa shape index (κ1) is 11.8. The number of carbonyl (C=O) groups is 1. The Morgan fingerprint density at radius 3 is 2.67 bits per heavy atom. The Bertz CT molecular complexity index is 511. The van der Waals surface area contributed by atoms with E-state index in [0.29, 0.717) is 0 Å². The van der Waals surface area contributed by atoms with Crippen molar-refractivity contribution in [2.45, 2.75) is 12.5 Å². The molecular formula is C10H11N5O3. The first-order chi connectivity index (χ1) is 8.65. The molecule has 0 aliphatic carbocycles. The smallest absolute Gasteiger partial charge is 0.328 e. The van der Waals surface area contributed by atoms with Gasteiger partial charge in [0.1, 0.15) is 11.8 Å². The van der Waals surface area contributed by atoms with Gasteiger partial charge in [-0.25, -0.2) is 4.79 Å². The molecule has 3 N–H and O–H groups in total. The number of nitrogens with one attached hydrogen (secondary N) is 1. The number of benzene rings is 1. The molecule has 8 heteroatoms. The molecule has 2 aromatic rings. The highest BCUT2D eigenvalue weighted by Crippen LogP contribution is 2.11. The van der Waals surface area contributed by atoms with Crippen LogP contribution in [0.15, 0.2) is 30.6 Å². The van der Waals surface area contributed by atoms with Gasteiger partial charge in [-0.2, -0.15) is 0 Å². The van der Waals surface area contributed by atoms with Gasteiger partial charge in [0, 0.05) is 6.42 Å². The molecule has 0 spiro atoms. The summed E-state index contributed by atoms with van der Waals surface area (Å²) in [6.07, 6.45) is 1.43. The van der Waals surface area contributed by atoms with Gasteiger partial charge in [0.2, 0.25) is 0 Å². The first-order valence-corrected chi connectivity index (χ1v) is 5.15. The predicted octanol–water partition coefficient (Wildman–Crippen LogP) is -0.382. The lowest BCUT2D eigenvalue weighted by molar-refractivity contribution is -0.138. The van der Waals surface area contributed by atoms with Crippen LogP contribution < -0.4 is 5.43 Å². The number of hydrogen-bond acceptors (Lipinski definition) is 6. The van der Waals surface area contributed by atoms with Crippen molar-refractivity contribution >= 4 is 5.97 Å². The number of tetrazole rings is 1. The summed E-state index contributed by atoms with van der Waals surface area (Å²) in [5.41, 5.74) is 3.36. The zero-order valence-electron chi connectivity index (χ0n) is 9.26. The van der Waals surface area contributed by atoms with Crippen LogP contribution in [-0.4, -0.2) is 42.5 Å². The van der Waals surface area contributed by atoms with Crippen molar-refractivity contribution in [3.05, 3.63) is 36.2 Å². The molecule has 1 heterocycles. The molecule has 0 saturated heterocycles. The van der Waals surface area contributed by atoms with Gasteiger partial charge in [0.15, 0.2) is 6.33 Å². The monoisotopic (exact) mass is 249 g/mol. The van der Waals surface area contributed by atoms with Crippen molar-refractivity contribution in [1.29, 1.82) is 0 Å². The zero-order chi connectivity index (χ0) is 13.0. The number of carboxylic acid groups (broad SMARTS) is 1.